The predicted octanol–water partition coefficient (Wildman–Crippen LogP) is 4.17. The van der Waals surface area contributed by atoms with E-state index in [0.717, 1.165) is 11.8 Å². The summed E-state index contributed by atoms with van der Waals surface area (Å²) in [7, 11) is 4.20. The van der Waals surface area contributed by atoms with E-state index in [9.17, 15) is 30.0 Å². The summed E-state index contributed by atoms with van der Waals surface area (Å²) in [5.74, 6) is -2.44. The minimum atomic E-state index is -1.15. The highest BCUT2D eigenvalue weighted by Gasteiger charge is 2.49. The molecule has 2 saturated heterocycles. The standard InChI is InChI=1S/C33H36O11/c1-16(12-34)20-7-18(10-27(41-3)30(20)38)32-23-14-44-33(24(23)15-43-32)19-8-21(31(39)28(11-19)42-4)22(13-35)29(37)17-5-6-25(36)26(9-17)40-2/h5-12,16,22-24,32-33,35-36,38-39H,13-15H2,1-4H3. The van der Waals surface area contributed by atoms with Crippen LogP contribution in [0, 0.1) is 11.8 Å². The molecule has 0 aromatic heterocycles. The van der Waals surface area contributed by atoms with Gasteiger partial charge in [0.1, 0.15) is 6.29 Å². The summed E-state index contributed by atoms with van der Waals surface area (Å²) in [6, 6.07) is 10.9. The SMILES string of the molecule is COc1cc(C(=O)C(CO)c2cc(C3OCC4C(c5cc(OC)c(O)c(C(C)C=O)c5)OCC34)cc(OC)c2O)ccc1O. The van der Waals surface area contributed by atoms with Crippen molar-refractivity contribution in [2.45, 2.75) is 31.0 Å². The predicted molar refractivity (Wildman–Crippen MR) is 157 cm³/mol. The first-order chi connectivity index (χ1) is 21.2. The molecular weight excluding hydrogens is 572 g/mol. The fourth-order valence-electron chi connectivity index (χ4n) is 6.22. The van der Waals surface area contributed by atoms with E-state index >= 15 is 0 Å². The number of aliphatic hydroxyl groups is 1. The van der Waals surface area contributed by atoms with Crippen molar-refractivity contribution in [1.29, 1.82) is 0 Å². The lowest BCUT2D eigenvalue weighted by Gasteiger charge is -2.22. The van der Waals surface area contributed by atoms with E-state index in [1.54, 1.807) is 31.2 Å². The van der Waals surface area contributed by atoms with E-state index in [1.807, 2.05) is 0 Å². The maximum absolute atomic E-state index is 13.5. The summed E-state index contributed by atoms with van der Waals surface area (Å²) in [4.78, 5) is 25.1. The molecule has 6 unspecified atom stereocenters. The molecule has 0 aliphatic carbocycles. The summed E-state index contributed by atoms with van der Waals surface area (Å²) in [5.41, 5.74) is 2.17. The van der Waals surface area contributed by atoms with Gasteiger partial charge in [0, 0.05) is 34.4 Å². The fourth-order valence-corrected chi connectivity index (χ4v) is 6.22. The van der Waals surface area contributed by atoms with Gasteiger partial charge in [0.2, 0.25) is 0 Å². The van der Waals surface area contributed by atoms with Gasteiger partial charge in [0.05, 0.1) is 59.3 Å². The Hall–Kier alpha value is -4.32. The highest BCUT2D eigenvalue weighted by molar-refractivity contribution is 6.02. The number of aldehydes is 1. The van der Waals surface area contributed by atoms with Crippen LogP contribution in [0.4, 0.5) is 0 Å². The number of ether oxygens (including phenoxy) is 5. The van der Waals surface area contributed by atoms with E-state index in [4.69, 9.17) is 23.7 Å². The third-order valence-electron chi connectivity index (χ3n) is 8.65. The minimum absolute atomic E-state index is 0.0865. The minimum Gasteiger partial charge on any atom is -0.504 e. The normalized spacial score (nSPS) is 22.2. The van der Waals surface area contributed by atoms with Crippen LogP contribution in [-0.4, -0.2) is 73.6 Å². The zero-order valence-electron chi connectivity index (χ0n) is 24.9. The molecule has 234 valence electrons. The number of fused-ring (bicyclic) bond motifs is 1. The van der Waals surface area contributed by atoms with E-state index in [1.165, 1.54) is 39.5 Å². The second-order valence-corrected chi connectivity index (χ2v) is 11.1. The maximum Gasteiger partial charge on any atom is 0.172 e. The van der Waals surface area contributed by atoms with Gasteiger partial charge in [-0.15, -0.1) is 0 Å². The van der Waals surface area contributed by atoms with Crippen molar-refractivity contribution in [2.24, 2.45) is 11.8 Å². The quantitative estimate of drug-likeness (QED) is 0.183. The van der Waals surface area contributed by atoms with Crippen molar-refractivity contribution in [1.82, 2.24) is 0 Å². The summed E-state index contributed by atoms with van der Waals surface area (Å²) in [6.07, 6.45) is -0.121. The van der Waals surface area contributed by atoms with Crippen LogP contribution in [0.15, 0.2) is 42.5 Å². The number of benzene rings is 3. The lowest BCUT2D eigenvalue weighted by atomic mass is 9.82. The molecule has 2 aliphatic heterocycles. The number of aromatic hydroxyl groups is 3. The van der Waals surface area contributed by atoms with Crippen LogP contribution < -0.4 is 14.2 Å². The molecule has 0 amide bonds. The Bertz CT molecular complexity index is 1550. The van der Waals surface area contributed by atoms with Gasteiger partial charge in [-0.05, 0) is 53.6 Å². The van der Waals surface area contributed by atoms with Gasteiger partial charge in [0.15, 0.2) is 40.3 Å². The molecule has 2 aliphatic rings. The number of phenolic OH excluding ortho intramolecular Hbond substituents is 3. The molecule has 0 bridgehead atoms. The van der Waals surface area contributed by atoms with Crippen LogP contribution in [0.1, 0.15) is 63.6 Å². The molecule has 0 saturated carbocycles. The van der Waals surface area contributed by atoms with E-state index in [2.05, 4.69) is 0 Å². The summed E-state index contributed by atoms with van der Waals surface area (Å²) >= 11 is 0. The van der Waals surface area contributed by atoms with Gasteiger partial charge in [0.25, 0.3) is 0 Å². The number of phenols is 3. The van der Waals surface area contributed by atoms with E-state index < -0.39 is 36.4 Å². The monoisotopic (exact) mass is 608 g/mol. The number of aliphatic hydroxyl groups excluding tert-OH is 1. The second kappa shape index (κ2) is 12.7. The van der Waals surface area contributed by atoms with Gasteiger partial charge in [-0.2, -0.15) is 0 Å². The Morgan fingerprint density at radius 3 is 1.86 bits per heavy atom. The largest absolute Gasteiger partial charge is 0.504 e. The highest BCUT2D eigenvalue weighted by Crippen LogP contribution is 2.53. The molecule has 3 aromatic rings. The second-order valence-electron chi connectivity index (χ2n) is 11.1. The first kappa shape index (κ1) is 31.1. The van der Waals surface area contributed by atoms with E-state index in [0.29, 0.717) is 24.3 Å². The van der Waals surface area contributed by atoms with Gasteiger partial charge in [-0.25, -0.2) is 0 Å². The van der Waals surface area contributed by atoms with Crippen molar-refractivity contribution >= 4 is 12.1 Å². The number of methoxy groups -OCH3 is 3. The lowest BCUT2D eigenvalue weighted by molar-refractivity contribution is -0.108. The molecule has 0 radical (unpaired) electrons. The van der Waals surface area contributed by atoms with Crippen LogP contribution in [-0.2, 0) is 14.3 Å². The Morgan fingerprint density at radius 2 is 1.36 bits per heavy atom. The third-order valence-corrected chi connectivity index (χ3v) is 8.65. The first-order valence-electron chi connectivity index (χ1n) is 14.2. The zero-order chi connectivity index (χ0) is 31.7. The summed E-state index contributed by atoms with van der Waals surface area (Å²) in [5, 5.41) is 42.0. The molecular formula is C33H36O11. The van der Waals surface area contributed by atoms with Gasteiger partial charge in [-0.1, -0.05) is 6.92 Å². The number of rotatable bonds is 11. The number of hydrogen-bond acceptors (Lipinski definition) is 11. The first-order valence-corrected chi connectivity index (χ1v) is 14.2. The number of ketones is 1. The number of carbonyl (C=O) groups is 2. The van der Waals surface area contributed by atoms with Crippen molar-refractivity contribution in [3.8, 4) is 34.5 Å². The van der Waals surface area contributed by atoms with Crippen LogP contribution in [0.2, 0.25) is 0 Å². The molecule has 0 spiro atoms. The fraction of sp³-hybridized carbons (Fsp3) is 0.394. The van der Waals surface area contributed by atoms with E-state index in [-0.39, 0.29) is 57.5 Å². The van der Waals surface area contributed by atoms with Crippen molar-refractivity contribution in [3.05, 3.63) is 70.3 Å². The molecule has 2 fully saturated rings. The molecule has 2 heterocycles. The average molecular weight is 609 g/mol. The smallest absolute Gasteiger partial charge is 0.172 e. The number of carbonyl (C=O) groups excluding carboxylic acids is 2. The van der Waals surface area contributed by atoms with Crippen molar-refractivity contribution < 1.29 is 53.7 Å². The maximum atomic E-state index is 13.5. The molecule has 11 nitrogen and oxygen atoms in total. The topological polar surface area (TPSA) is 161 Å². The lowest BCUT2D eigenvalue weighted by Crippen LogP contribution is -2.19. The average Bonchev–Trinajstić information content (AvgIpc) is 3.65. The van der Waals surface area contributed by atoms with Crippen LogP contribution >= 0.6 is 0 Å². The Kier molecular flexibility index (Phi) is 9.00. The van der Waals surface area contributed by atoms with Gasteiger partial charge in [-0.3, -0.25) is 4.79 Å². The van der Waals surface area contributed by atoms with Crippen LogP contribution in [0.3, 0.4) is 0 Å². The molecule has 4 N–H and O–H groups in total. The van der Waals surface area contributed by atoms with Crippen molar-refractivity contribution in [3.63, 3.8) is 0 Å². The number of hydrogen-bond donors (Lipinski definition) is 4. The number of Topliss-reactive ketones (excluding diaryl/α,β-unsaturated/α-hetero) is 1. The zero-order valence-corrected chi connectivity index (χ0v) is 24.9. The molecule has 11 heteroatoms. The Morgan fingerprint density at radius 1 is 0.841 bits per heavy atom. The Labute approximate surface area is 254 Å². The molecule has 44 heavy (non-hydrogen) atoms. The van der Waals surface area contributed by atoms with Crippen LogP contribution in [0.5, 0.6) is 34.5 Å². The van der Waals surface area contributed by atoms with Crippen LogP contribution in [0.25, 0.3) is 0 Å². The molecule has 3 aromatic carbocycles. The molecule has 5 rings (SSSR count). The Balaban J connectivity index is 1.47. The van der Waals surface area contributed by atoms with Gasteiger partial charge < -0.3 is 48.9 Å². The van der Waals surface area contributed by atoms with Crippen molar-refractivity contribution in [2.75, 3.05) is 41.2 Å². The summed E-state index contributed by atoms with van der Waals surface area (Å²) < 4.78 is 28.5. The molecule has 6 atom stereocenters. The highest BCUT2D eigenvalue weighted by atomic mass is 16.5. The summed E-state index contributed by atoms with van der Waals surface area (Å²) in [6.45, 7) is 1.78. The third kappa shape index (κ3) is 5.42. The van der Waals surface area contributed by atoms with Gasteiger partial charge >= 0.3 is 0 Å².